The van der Waals surface area contributed by atoms with Gasteiger partial charge in [0.15, 0.2) is 0 Å². The van der Waals surface area contributed by atoms with Gasteiger partial charge in [0.2, 0.25) is 0 Å². The summed E-state index contributed by atoms with van der Waals surface area (Å²) in [7, 11) is 2.16. The average Bonchev–Trinajstić information content (AvgIpc) is 2.68. The van der Waals surface area contributed by atoms with Crippen molar-refractivity contribution in [2.75, 3.05) is 25.5 Å². The third-order valence-electron chi connectivity index (χ3n) is 5.26. The topological polar surface area (TPSA) is 41.1 Å². The van der Waals surface area contributed by atoms with Crippen molar-refractivity contribution in [2.45, 2.75) is 12.8 Å². The quantitative estimate of drug-likeness (QED) is 0.730. The van der Waals surface area contributed by atoms with E-state index in [2.05, 4.69) is 33.8 Å². The lowest BCUT2D eigenvalue weighted by Gasteiger charge is -2.30. The third-order valence-corrected chi connectivity index (χ3v) is 5.26. The summed E-state index contributed by atoms with van der Waals surface area (Å²) < 4.78 is 13.5. The van der Waals surface area contributed by atoms with Crippen LogP contribution in [0.2, 0.25) is 0 Å². The highest BCUT2D eigenvalue weighted by atomic mass is 19.1. The number of nitrogens with one attached hydrogen (secondary N) is 1. The van der Waals surface area contributed by atoms with Gasteiger partial charge in [0, 0.05) is 35.0 Å². The van der Waals surface area contributed by atoms with E-state index in [0.717, 1.165) is 59.3 Å². The molecule has 3 aromatic rings. The van der Waals surface area contributed by atoms with Crippen LogP contribution in [-0.4, -0.2) is 35.0 Å². The molecule has 0 aliphatic carbocycles. The maximum absolute atomic E-state index is 13.5. The van der Waals surface area contributed by atoms with E-state index in [4.69, 9.17) is 0 Å². The molecule has 0 saturated carbocycles. The van der Waals surface area contributed by atoms with Gasteiger partial charge in [-0.2, -0.15) is 0 Å². The number of benzene rings is 1. The minimum Gasteiger partial charge on any atom is -0.344 e. The summed E-state index contributed by atoms with van der Waals surface area (Å²) in [6, 6.07) is 9.52. The highest BCUT2D eigenvalue weighted by Gasteiger charge is 2.19. The molecule has 0 unspecified atom stereocenters. The lowest BCUT2D eigenvalue weighted by molar-refractivity contribution is 0.239. The van der Waals surface area contributed by atoms with Crippen LogP contribution in [0.25, 0.3) is 21.9 Å². The van der Waals surface area contributed by atoms with Gasteiger partial charge < -0.3 is 10.2 Å². The van der Waals surface area contributed by atoms with Crippen LogP contribution in [0.5, 0.6) is 0 Å². The van der Waals surface area contributed by atoms with E-state index in [0.29, 0.717) is 5.92 Å². The van der Waals surface area contributed by atoms with E-state index >= 15 is 0 Å². The molecule has 0 amide bonds. The van der Waals surface area contributed by atoms with Gasteiger partial charge in [0.1, 0.15) is 11.6 Å². The van der Waals surface area contributed by atoms with E-state index in [9.17, 15) is 4.39 Å². The van der Waals surface area contributed by atoms with Crippen LogP contribution in [0.15, 0.2) is 61.2 Å². The molecule has 0 spiro atoms. The molecule has 1 aliphatic rings. The summed E-state index contributed by atoms with van der Waals surface area (Å²) in [4.78, 5) is 10.8. The van der Waals surface area contributed by atoms with Crippen LogP contribution in [-0.2, 0) is 0 Å². The number of halogens is 1. The SMILES string of the molecule is C=C(Nc1cc2cc(-c3cncc(F)c3)ccc2cn1)C1CCN(C)CC1. The summed E-state index contributed by atoms with van der Waals surface area (Å²) in [6.45, 7) is 6.43. The van der Waals surface area contributed by atoms with Crippen LogP contribution in [0.3, 0.4) is 0 Å². The first-order valence-corrected chi connectivity index (χ1v) is 9.23. The van der Waals surface area contributed by atoms with Gasteiger partial charge in [-0.25, -0.2) is 9.37 Å². The number of fused-ring (bicyclic) bond motifs is 1. The van der Waals surface area contributed by atoms with Gasteiger partial charge in [0.05, 0.1) is 6.20 Å². The lowest BCUT2D eigenvalue weighted by atomic mass is 9.94. The highest BCUT2D eigenvalue weighted by molar-refractivity contribution is 5.88. The van der Waals surface area contributed by atoms with Gasteiger partial charge in [-0.05, 0) is 62.1 Å². The monoisotopic (exact) mass is 362 g/mol. The Kier molecular flexibility index (Phi) is 4.86. The van der Waals surface area contributed by atoms with Crippen molar-refractivity contribution in [3.8, 4) is 11.1 Å². The van der Waals surface area contributed by atoms with Gasteiger partial charge >= 0.3 is 0 Å². The number of rotatable bonds is 4. The van der Waals surface area contributed by atoms with Crippen molar-refractivity contribution in [1.82, 2.24) is 14.9 Å². The number of allylic oxidation sites excluding steroid dienone is 1. The number of anilines is 1. The number of hydrogen-bond donors (Lipinski definition) is 1. The second-order valence-corrected chi connectivity index (χ2v) is 7.25. The average molecular weight is 362 g/mol. The maximum Gasteiger partial charge on any atom is 0.142 e. The Bertz CT molecular complexity index is 977. The molecule has 3 heterocycles. The molecule has 138 valence electrons. The molecule has 0 bridgehead atoms. The zero-order valence-corrected chi connectivity index (χ0v) is 15.5. The standard InChI is InChI=1S/C22H23FN4/c1-15(16-5-7-27(2)8-6-16)26-22-11-19-9-17(3-4-18(19)13-25-22)20-10-21(23)14-24-12-20/h3-4,9-14,16H,1,5-8H2,2H3,(H,25,26). The Morgan fingerprint density at radius 1 is 1.07 bits per heavy atom. The van der Waals surface area contributed by atoms with E-state index in [-0.39, 0.29) is 5.82 Å². The molecule has 4 nitrogen and oxygen atoms in total. The Labute approximate surface area is 158 Å². The molecule has 0 atom stereocenters. The Morgan fingerprint density at radius 3 is 2.67 bits per heavy atom. The van der Waals surface area contributed by atoms with Crippen LogP contribution >= 0.6 is 0 Å². The van der Waals surface area contributed by atoms with Crippen molar-refractivity contribution < 1.29 is 4.39 Å². The third kappa shape index (κ3) is 3.98. The summed E-state index contributed by atoms with van der Waals surface area (Å²) in [5.74, 6) is 0.934. The predicted octanol–water partition coefficient (Wildman–Crippen LogP) is 4.70. The zero-order valence-electron chi connectivity index (χ0n) is 15.5. The fraction of sp³-hybridized carbons (Fsp3) is 0.273. The molecule has 1 aromatic carbocycles. The first-order valence-electron chi connectivity index (χ1n) is 9.23. The van der Waals surface area contributed by atoms with Gasteiger partial charge in [-0.15, -0.1) is 0 Å². The molecule has 2 aromatic heterocycles. The van der Waals surface area contributed by atoms with Gasteiger partial charge in [0.25, 0.3) is 0 Å². The smallest absolute Gasteiger partial charge is 0.142 e. The molecular formula is C22H23FN4. The second kappa shape index (κ2) is 7.45. The van der Waals surface area contributed by atoms with E-state index in [1.807, 2.05) is 30.5 Å². The van der Waals surface area contributed by atoms with Crippen LogP contribution in [0, 0.1) is 11.7 Å². The first-order chi connectivity index (χ1) is 13.1. The molecule has 1 aliphatic heterocycles. The Morgan fingerprint density at radius 2 is 1.89 bits per heavy atom. The fourth-order valence-electron chi connectivity index (χ4n) is 3.58. The molecule has 1 fully saturated rings. The molecule has 5 heteroatoms. The summed E-state index contributed by atoms with van der Waals surface area (Å²) >= 11 is 0. The molecule has 4 rings (SSSR count). The summed E-state index contributed by atoms with van der Waals surface area (Å²) in [5.41, 5.74) is 2.72. The number of aromatic nitrogens is 2. The number of hydrogen-bond acceptors (Lipinski definition) is 4. The van der Waals surface area contributed by atoms with E-state index in [1.165, 1.54) is 12.3 Å². The molecule has 1 saturated heterocycles. The normalized spacial score (nSPS) is 15.8. The van der Waals surface area contributed by atoms with Gasteiger partial charge in [-0.1, -0.05) is 18.7 Å². The minimum atomic E-state index is -0.334. The maximum atomic E-state index is 13.5. The molecule has 1 N–H and O–H groups in total. The van der Waals surface area contributed by atoms with Gasteiger partial charge in [-0.3, -0.25) is 4.98 Å². The Hall–Kier alpha value is -2.79. The lowest BCUT2D eigenvalue weighted by Crippen LogP contribution is -2.31. The van der Waals surface area contributed by atoms with Crippen molar-refractivity contribution in [3.63, 3.8) is 0 Å². The van der Waals surface area contributed by atoms with Crippen molar-refractivity contribution in [2.24, 2.45) is 5.92 Å². The molecular weight excluding hydrogens is 339 g/mol. The molecule has 0 radical (unpaired) electrons. The summed E-state index contributed by atoms with van der Waals surface area (Å²) in [5, 5.41) is 5.48. The van der Waals surface area contributed by atoms with E-state index in [1.54, 1.807) is 6.20 Å². The van der Waals surface area contributed by atoms with Crippen molar-refractivity contribution >= 4 is 16.6 Å². The first kappa shape index (κ1) is 17.6. The highest BCUT2D eigenvalue weighted by Crippen LogP contribution is 2.27. The number of pyridine rings is 2. The number of piperidine rings is 1. The fourth-order valence-corrected chi connectivity index (χ4v) is 3.58. The van der Waals surface area contributed by atoms with E-state index < -0.39 is 0 Å². The largest absolute Gasteiger partial charge is 0.344 e. The number of likely N-dealkylation sites (tertiary alicyclic amines) is 1. The van der Waals surface area contributed by atoms with Crippen LogP contribution in [0.1, 0.15) is 12.8 Å². The zero-order chi connectivity index (χ0) is 18.8. The Balaban J connectivity index is 1.56. The van der Waals surface area contributed by atoms with Crippen molar-refractivity contribution in [3.05, 3.63) is 67.0 Å². The summed E-state index contributed by atoms with van der Waals surface area (Å²) in [6.07, 6.45) is 6.98. The minimum absolute atomic E-state index is 0.334. The predicted molar refractivity (Wildman–Crippen MR) is 108 cm³/mol. The second-order valence-electron chi connectivity index (χ2n) is 7.25. The van der Waals surface area contributed by atoms with Crippen molar-refractivity contribution in [1.29, 1.82) is 0 Å². The van der Waals surface area contributed by atoms with Crippen LogP contribution in [0.4, 0.5) is 10.2 Å². The molecule has 27 heavy (non-hydrogen) atoms. The number of nitrogens with zero attached hydrogens (tertiary/aromatic N) is 3. The van der Waals surface area contributed by atoms with Crippen LogP contribution < -0.4 is 5.32 Å².